The van der Waals surface area contributed by atoms with Crippen LogP contribution in [0.5, 0.6) is 0 Å². The largest absolute Gasteiger partial charge is 0.468 e. The van der Waals surface area contributed by atoms with E-state index >= 15 is 0 Å². The molecule has 0 radical (unpaired) electrons. The molecule has 0 saturated carbocycles. The number of nitrogens with one attached hydrogen (secondary N) is 1. The standard InChI is InChI=1S/C15H17N3O3S2/c1-2-7-18-14(5-6-16-18)12-9-15(22-11-12)23(19,20)17-10-13-4-3-8-21-13/h3-6,8-9,11,17H,2,7,10H2,1H3. The molecule has 23 heavy (non-hydrogen) atoms. The van der Waals surface area contributed by atoms with Gasteiger partial charge in [0.1, 0.15) is 9.97 Å². The lowest BCUT2D eigenvalue weighted by atomic mass is 10.2. The van der Waals surface area contributed by atoms with Gasteiger partial charge in [-0.05, 0) is 30.7 Å². The third-order valence-corrected chi connectivity index (χ3v) is 6.15. The molecule has 0 aromatic carbocycles. The van der Waals surface area contributed by atoms with E-state index in [-0.39, 0.29) is 10.8 Å². The van der Waals surface area contributed by atoms with Crippen LogP contribution in [-0.4, -0.2) is 18.2 Å². The molecule has 0 atom stereocenters. The molecule has 8 heteroatoms. The fourth-order valence-electron chi connectivity index (χ4n) is 2.21. The van der Waals surface area contributed by atoms with Crippen LogP contribution in [0.2, 0.25) is 0 Å². The van der Waals surface area contributed by atoms with Crippen LogP contribution in [0.4, 0.5) is 0 Å². The molecule has 0 fully saturated rings. The summed E-state index contributed by atoms with van der Waals surface area (Å²) < 4.78 is 34.6. The van der Waals surface area contributed by atoms with Gasteiger partial charge < -0.3 is 4.42 Å². The number of sulfonamides is 1. The molecule has 0 aliphatic carbocycles. The Labute approximate surface area is 138 Å². The molecule has 122 valence electrons. The van der Waals surface area contributed by atoms with Crippen molar-refractivity contribution in [2.45, 2.75) is 30.6 Å². The summed E-state index contributed by atoms with van der Waals surface area (Å²) in [5.41, 5.74) is 1.79. The maximum absolute atomic E-state index is 12.4. The van der Waals surface area contributed by atoms with Gasteiger partial charge >= 0.3 is 0 Å². The number of hydrogen-bond donors (Lipinski definition) is 1. The number of furan rings is 1. The van der Waals surface area contributed by atoms with Crippen LogP contribution < -0.4 is 4.72 Å². The summed E-state index contributed by atoms with van der Waals surface area (Å²) in [5.74, 6) is 0.575. The first-order chi connectivity index (χ1) is 11.1. The first-order valence-electron chi connectivity index (χ1n) is 7.23. The number of aryl methyl sites for hydroxylation is 1. The molecule has 3 heterocycles. The normalized spacial score (nSPS) is 11.9. The predicted molar refractivity (Wildman–Crippen MR) is 88.6 cm³/mol. The summed E-state index contributed by atoms with van der Waals surface area (Å²) >= 11 is 1.20. The van der Waals surface area contributed by atoms with Crippen LogP contribution >= 0.6 is 11.3 Å². The average molecular weight is 351 g/mol. The van der Waals surface area contributed by atoms with Crippen LogP contribution in [0.25, 0.3) is 11.3 Å². The highest BCUT2D eigenvalue weighted by Gasteiger charge is 2.18. The summed E-state index contributed by atoms with van der Waals surface area (Å²) in [6.45, 7) is 3.01. The van der Waals surface area contributed by atoms with E-state index < -0.39 is 10.0 Å². The van der Waals surface area contributed by atoms with E-state index in [2.05, 4.69) is 16.7 Å². The van der Waals surface area contributed by atoms with Crippen molar-refractivity contribution in [3.8, 4) is 11.3 Å². The van der Waals surface area contributed by atoms with Gasteiger partial charge in [-0.3, -0.25) is 4.68 Å². The minimum Gasteiger partial charge on any atom is -0.468 e. The highest BCUT2D eigenvalue weighted by atomic mass is 32.2. The molecule has 6 nitrogen and oxygen atoms in total. The van der Waals surface area contributed by atoms with Crippen LogP contribution in [0.1, 0.15) is 19.1 Å². The first-order valence-corrected chi connectivity index (χ1v) is 9.59. The molecule has 0 amide bonds. The van der Waals surface area contributed by atoms with E-state index in [9.17, 15) is 8.42 Å². The van der Waals surface area contributed by atoms with Crippen molar-refractivity contribution in [1.82, 2.24) is 14.5 Å². The second-order valence-electron chi connectivity index (χ2n) is 5.00. The van der Waals surface area contributed by atoms with E-state index in [4.69, 9.17) is 4.42 Å². The first kappa shape index (κ1) is 16.0. The van der Waals surface area contributed by atoms with Crippen LogP contribution in [0.15, 0.2) is 50.7 Å². The molecular formula is C15H17N3O3S2. The fourth-order valence-corrected chi connectivity index (χ4v) is 4.42. The molecule has 0 bridgehead atoms. The van der Waals surface area contributed by atoms with E-state index in [1.807, 2.05) is 16.1 Å². The minimum atomic E-state index is -3.55. The van der Waals surface area contributed by atoms with Crippen molar-refractivity contribution in [2.24, 2.45) is 0 Å². The van der Waals surface area contributed by atoms with Crippen molar-refractivity contribution in [1.29, 1.82) is 0 Å². The third kappa shape index (κ3) is 3.54. The van der Waals surface area contributed by atoms with Crippen molar-refractivity contribution in [2.75, 3.05) is 0 Å². The Morgan fingerprint density at radius 2 is 2.26 bits per heavy atom. The van der Waals surface area contributed by atoms with Gasteiger partial charge in [0.15, 0.2) is 0 Å². The van der Waals surface area contributed by atoms with Crippen LogP contribution in [0, 0.1) is 0 Å². The Hall–Kier alpha value is -1.90. The maximum atomic E-state index is 12.4. The minimum absolute atomic E-state index is 0.135. The lowest BCUT2D eigenvalue weighted by molar-refractivity contribution is 0.499. The van der Waals surface area contributed by atoms with Gasteiger partial charge in [0, 0.05) is 23.7 Å². The lowest BCUT2D eigenvalue weighted by Crippen LogP contribution is -2.22. The van der Waals surface area contributed by atoms with Gasteiger partial charge in [0.05, 0.1) is 18.5 Å². The van der Waals surface area contributed by atoms with Crippen molar-refractivity contribution in [3.63, 3.8) is 0 Å². The van der Waals surface area contributed by atoms with Crippen molar-refractivity contribution >= 4 is 21.4 Å². The molecule has 0 aliphatic rings. The summed E-state index contributed by atoms with van der Waals surface area (Å²) in [4.78, 5) is 0. The highest BCUT2D eigenvalue weighted by Crippen LogP contribution is 2.28. The number of rotatable bonds is 7. The zero-order valence-corrected chi connectivity index (χ0v) is 14.2. The summed E-state index contributed by atoms with van der Waals surface area (Å²) in [5, 5.41) is 6.11. The lowest BCUT2D eigenvalue weighted by Gasteiger charge is -2.04. The predicted octanol–water partition coefficient (Wildman–Crippen LogP) is 3.09. The Kier molecular flexibility index (Phi) is 4.65. The second kappa shape index (κ2) is 6.69. The molecule has 0 spiro atoms. The summed E-state index contributed by atoms with van der Waals surface area (Å²) in [6, 6.07) is 7.02. The van der Waals surface area contributed by atoms with Gasteiger partial charge in [-0.1, -0.05) is 6.92 Å². The van der Waals surface area contributed by atoms with Crippen molar-refractivity contribution < 1.29 is 12.8 Å². The smallest absolute Gasteiger partial charge is 0.250 e. The monoisotopic (exact) mass is 351 g/mol. The molecule has 0 unspecified atom stereocenters. The Balaban J connectivity index is 1.79. The van der Waals surface area contributed by atoms with Crippen LogP contribution in [0.3, 0.4) is 0 Å². The van der Waals surface area contributed by atoms with Gasteiger partial charge in [-0.15, -0.1) is 11.3 Å². The number of hydrogen-bond acceptors (Lipinski definition) is 5. The van der Waals surface area contributed by atoms with E-state index in [0.717, 1.165) is 24.2 Å². The average Bonchev–Trinajstić information content (AvgIpc) is 3.26. The van der Waals surface area contributed by atoms with Gasteiger partial charge in [-0.2, -0.15) is 5.10 Å². The quantitative estimate of drug-likeness (QED) is 0.709. The number of nitrogens with zero attached hydrogens (tertiary/aromatic N) is 2. The van der Waals surface area contributed by atoms with Gasteiger partial charge in [0.25, 0.3) is 0 Å². The van der Waals surface area contributed by atoms with Crippen molar-refractivity contribution in [3.05, 3.63) is 47.9 Å². The van der Waals surface area contributed by atoms with Gasteiger partial charge in [0.2, 0.25) is 10.0 Å². The van der Waals surface area contributed by atoms with Gasteiger partial charge in [-0.25, -0.2) is 13.1 Å². The molecular weight excluding hydrogens is 334 g/mol. The molecule has 0 saturated heterocycles. The molecule has 3 aromatic rings. The SMILES string of the molecule is CCCn1nccc1-c1csc(S(=O)(=O)NCc2ccco2)c1. The Morgan fingerprint density at radius 1 is 1.39 bits per heavy atom. The van der Waals surface area contributed by atoms with E-state index in [0.29, 0.717) is 5.76 Å². The highest BCUT2D eigenvalue weighted by molar-refractivity contribution is 7.91. The van der Waals surface area contributed by atoms with E-state index in [1.165, 1.54) is 17.6 Å². The molecule has 1 N–H and O–H groups in total. The maximum Gasteiger partial charge on any atom is 0.250 e. The Bertz CT molecular complexity index is 864. The zero-order chi connectivity index (χ0) is 16.3. The molecule has 3 rings (SSSR count). The second-order valence-corrected chi connectivity index (χ2v) is 7.90. The third-order valence-electron chi connectivity index (χ3n) is 3.30. The molecule has 0 aliphatic heterocycles. The number of aromatic nitrogens is 2. The Morgan fingerprint density at radius 3 is 3.00 bits per heavy atom. The summed E-state index contributed by atoms with van der Waals surface area (Å²) in [7, 11) is -3.55. The van der Waals surface area contributed by atoms with E-state index in [1.54, 1.807) is 24.4 Å². The molecule has 3 aromatic heterocycles. The summed E-state index contributed by atoms with van der Waals surface area (Å²) in [6.07, 6.45) is 4.21. The van der Waals surface area contributed by atoms with Crippen LogP contribution in [-0.2, 0) is 23.1 Å². The topological polar surface area (TPSA) is 77.1 Å². The zero-order valence-electron chi connectivity index (χ0n) is 12.6. The number of thiophene rings is 1. The fraction of sp³-hybridized carbons (Fsp3) is 0.267.